The van der Waals surface area contributed by atoms with Crippen LogP contribution in [-0.4, -0.2) is 47.8 Å². The van der Waals surface area contributed by atoms with Gasteiger partial charge in [-0.2, -0.15) is 0 Å². The number of hydrogen-bond donors (Lipinski definition) is 2. The molecule has 0 radical (unpaired) electrons. The van der Waals surface area contributed by atoms with E-state index in [2.05, 4.69) is 27.7 Å². The summed E-state index contributed by atoms with van der Waals surface area (Å²) < 4.78 is 22.9. The lowest BCUT2D eigenvalue weighted by Gasteiger charge is -2.22. The quantitative estimate of drug-likeness (QED) is 0.390. The van der Waals surface area contributed by atoms with E-state index < -0.39 is 0 Å². The van der Waals surface area contributed by atoms with Crippen LogP contribution in [0.25, 0.3) is 0 Å². The van der Waals surface area contributed by atoms with Gasteiger partial charge in [-0.3, -0.25) is 0 Å². The molecule has 0 spiro atoms. The molecule has 2 atom stereocenters. The molecule has 6 nitrogen and oxygen atoms in total. The van der Waals surface area contributed by atoms with Gasteiger partial charge >= 0.3 is 0 Å². The lowest BCUT2D eigenvalue weighted by molar-refractivity contribution is 0.129. The maximum absolute atomic E-state index is 7.00. The summed E-state index contributed by atoms with van der Waals surface area (Å²) in [6, 6.07) is 15.6. The van der Waals surface area contributed by atoms with Crippen molar-refractivity contribution in [1.82, 2.24) is 0 Å². The highest BCUT2D eigenvalue weighted by molar-refractivity contribution is 5.33. The molecule has 2 aromatic carbocycles. The molecule has 0 aliphatic rings. The normalized spacial score (nSPS) is 12.2. The average molecular weight is 509 g/mol. The molecule has 0 heterocycles. The Bertz CT molecular complexity index is 775. The van der Waals surface area contributed by atoms with Crippen LogP contribution in [0.5, 0.6) is 23.0 Å². The zero-order valence-corrected chi connectivity index (χ0v) is 24.7. The second-order valence-corrected chi connectivity index (χ2v) is 10.0. The molecule has 0 aliphatic carbocycles. The van der Waals surface area contributed by atoms with Crippen molar-refractivity contribution >= 4 is 0 Å². The second-order valence-electron chi connectivity index (χ2n) is 10.0. The van der Waals surface area contributed by atoms with Gasteiger partial charge in [0, 0.05) is 20.3 Å². The third-order valence-electron chi connectivity index (χ3n) is 4.30. The van der Waals surface area contributed by atoms with Crippen molar-refractivity contribution in [2.45, 2.75) is 105 Å². The number of aliphatic hydroxyl groups is 2. The van der Waals surface area contributed by atoms with Crippen LogP contribution in [0, 0.1) is 0 Å². The Labute approximate surface area is 220 Å². The molecule has 0 saturated heterocycles. The highest BCUT2D eigenvalue weighted by Gasteiger charge is 2.13. The smallest absolute Gasteiger partial charge is 0.123 e. The number of ether oxygens (including phenoxy) is 4. The van der Waals surface area contributed by atoms with Crippen molar-refractivity contribution in [2.24, 2.45) is 0 Å². The van der Waals surface area contributed by atoms with Gasteiger partial charge in [-0.05, 0) is 105 Å². The van der Waals surface area contributed by atoms with Gasteiger partial charge < -0.3 is 29.2 Å². The van der Waals surface area contributed by atoms with E-state index in [4.69, 9.17) is 29.2 Å². The number of hydrogen-bond acceptors (Lipinski definition) is 6. The van der Waals surface area contributed by atoms with E-state index in [1.54, 1.807) is 0 Å². The highest BCUT2D eigenvalue weighted by Crippen LogP contribution is 2.24. The van der Waals surface area contributed by atoms with Gasteiger partial charge in [-0.15, -0.1) is 0 Å². The Hall–Kier alpha value is -2.44. The van der Waals surface area contributed by atoms with E-state index in [0.29, 0.717) is 0 Å². The van der Waals surface area contributed by atoms with Crippen LogP contribution in [0.1, 0.15) is 82.1 Å². The second kappa shape index (κ2) is 18.8. The first-order valence-corrected chi connectivity index (χ1v) is 12.6. The molecule has 0 fully saturated rings. The summed E-state index contributed by atoms with van der Waals surface area (Å²) in [6.45, 7) is 20.6. The molecule has 36 heavy (non-hydrogen) atoms. The van der Waals surface area contributed by atoms with Crippen molar-refractivity contribution in [2.75, 3.05) is 14.2 Å². The summed E-state index contributed by atoms with van der Waals surface area (Å²) in [6.07, 6.45) is 2.52. The Morgan fingerprint density at radius 2 is 0.944 bits per heavy atom. The highest BCUT2D eigenvalue weighted by atomic mass is 16.5. The van der Waals surface area contributed by atoms with E-state index in [-0.39, 0.29) is 23.4 Å². The van der Waals surface area contributed by atoms with Crippen LogP contribution in [0.2, 0.25) is 0 Å². The fourth-order valence-electron chi connectivity index (χ4n) is 2.54. The first-order valence-electron chi connectivity index (χ1n) is 12.6. The average Bonchev–Trinajstić information content (AvgIpc) is 2.81. The molecular formula is C30H52O6. The van der Waals surface area contributed by atoms with E-state index in [1.165, 1.54) is 0 Å². The topological polar surface area (TPSA) is 77.4 Å². The first-order chi connectivity index (χ1) is 16.8. The molecule has 6 heteroatoms. The van der Waals surface area contributed by atoms with Gasteiger partial charge in [0.1, 0.15) is 34.2 Å². The van der Waals surface area contributed by atoms with Crippen LogP contribution in [-0.2, 0) is 0 Å². The van der Waals surface area contributed by atoms with Crippen molar-refractivity contribution in [3.05, 3.63) is 48.5 Å². The van der Waals surface area contributed by atoms with Crippen LogP contribution < -0.4 is 18.9 Å². The standard InChI is InChI=1S/2C14H22O2.2CH4O/c1-6-11(2)15-12-7-9-13(10-8-12)16-14(3,4)5;1-6-11(2)15-12-8-7-9-13(10-12)16-14(3,4)5;2*1-2/h2*7-11H,6H2,1-5H3;2*2H,1H3. The molecule has 0 aromatic heterocycles. The predicted molar refractivity (Wildman–Crippen MR) is 151 cm³/mol. The molecule has 0 aliphatic heterocycles. The lowest BCUT2D eigenvalue weighted by atomic mass is 10.2. The summed E-state index contributed by atoms with van der Waals surface area (Å²) in [4.78, 5) is 0. The van der Waals surface area contributed by atoms with Gasteiger partial charge in [-0.1, -0.05) is 19.9 Å². The number of rotatable bonds is 8. The minimum atomic E-state index is -0.172. The van der Waals surface area contributed by atoms with Gasteiger partial charge in [0.2, 0.25) is 0 Å². The predicted octanol–water partition coefficient (Wildman–Crippen LogP) is 7.30. The zero-order chi connectivity index (χ0) is 28.4. The lowest BCUT2D eigenvalue weighted by Crippen LogP contribution is -2.22. The Morgan fingerprint density at radius 1 is 0.583 bits per heavy atom. The van der Waals surface area contributed by atoms with Crippen LogP contribution in [0.4, 0.5) is 0 Å². The maximum atomic E-state index is 7.00. The van der Waals surface area contributed by atoms with E-state index >= 15 is 0 Å². The molecule has 0 saturated carbocycles. The summed E-state index contributed by atoms with van der Waals surface area (Å²) >= 11 is 0. The van der Waals surface area contributed by atoms with Crippen molar-refractivity contribution in [3.63, 3.8) is 0 Å². The largest absolute Gasteiger partial charge is 0.491 e. The van der Waals surface area contributed by atoms with Crippen LogP contribution >= 0.6 is 0 Å². The molecule has 2 N–H and O–H groups in total. The van der Waals surface area contributed by atoms with Gasteiger partial charge in [0.25, 0.3) is 0 Å². The van der Waals surface area contributed by atoms with E-state index in [1.807, 2.05) is 90.1 Å². The summed E-state index contributed by atoms with van der Waals surface area (Å²) in [5.41, 5.74) is -0.325. The van der Waals surface area contributed by atoms with E-state index in [9.17, 15) is 0 Å². The van der Waals surface area contributed by atoms with Crippen molar-refractivity contribution < 1.29 is 29.2 Å². The molecule has 2 unspecified atom stereocenters. The maximum Gasteiger partial charge on any atom is 0.123 e. The fraction of sp³-hybridized carbons (Fsp3) is 0.600. The minimum absolute atomic E-state index is 0.154. The monoisotopic (exact) mass is 508 g/mol. The minimum Gasteiger partial charge on any atom is -0.491 e. The summed E-state index contributed by atoms with van der Waals surface area (Å²) in [5.74, 6) is 3.50. The molecule has 208 valence electrons. The Kier molecular flexibility index (Phi) is 18.6. The molecular weight excluding hydrogens is 456 g/mol. The number of benzene rings is 2. The third-order valence-corrected chi connectivity index (χ3v) is 4.30. The third kappa shape index (κ3) is 18.8. The summed E-state index contributed by atoms with van der Waals surface area (Å²) in [5, 5.41) is 14.0. The van der Waals surface area contributed by atoms with Crippen LogP contribution in [0.15, 0.2) is 48.5 Å². The van der Waals surface area contributed by atoms with Crippen LogP contribution in [0.3, 0.4) is 0 Å². The molecule has 2 aromatic rings. The zero-order valence-electron chi connectivity index (χ0n) is 24.7. The molecule has 0 amide bonds. The SMILES string of the molecule is CCC(C)Oc1ccc(OC(C)(C)C)cc1.CCC(C)Oc1cccc(OC(C)(C)C)c1.CO.CO. The fourth-order valence-corrected chi connectivity index (χ4v) is 2.54. The van der Waals surface area contributed by atoms with Gasteiger partial charge in [-0.25, -0.2) is 0 Å². The Balaban J connectivity index is 0. The van der Waals surface area contributed by atoms with Crippen molar-refractivity contribution in [3.8, 4) is 23.0 Å². The van der Waals surface area contributed by atoms with Gasteiger partial charge in [0.05, 0.1) is 12.2 Å². The molecule has 0 bridgehead atoms. The van der Waals surface area contributed by atoms with E-state index in [0.717, 1.165) is 50.1 Å². The first kappa shape index (κ1) is 35.7. The molecule has 2 rings (SSSR count). The Morgan fingerprint density at radius 3 is 1.36 bits per heavy atom. The van der Waals surface area contributed by atoms with Gasteiger partial charge in [0.15, 0.2) is 0 Å². The van der Waals surface area contributed by atoms with Crippen molar-refractivity contribution in [1.29, 1.82) is 0 Å². The summed E-state index contributed by atoms with van der Waals surface area (Å²) in [7, 11) is 2.00. The number of aliphatic hydroxyl groups excluding tert-OH is 2.